The summed E-state index contributed by atoms with van der Waals surface area (Å²) in [4.78, 5) is 44.5. The summed E-state index contributed by atoms with van der Waals surface area (Å²) in [6, 6.07) is 22.7. The number of amides is 1. The fourth-order valence-electron chi connectivity index (χ4n) is 14.3. The number of rotatable bonds is 14. The molecule has 19 nitrogen and oxygen atoms in total. The van der Waals surface area contributed by atoms with E-state index in [1.807, 2.05) is 51.2 Å². The summed E-state index contributed by atoms with van der Waals surface area (Å²) in [5.74, 6) is 0.637. The van der Waals surface area contributed by atoms with Gasteiger partial charge in [0.25, 0.3) is 21.6 Å². The van der Waals surface area contributed by atoms with Crippen molar-refractivity contribution in [3.63, 3.8) is 0 Å². The van der Waals surface area contributed by atoms with E-state index in [1.54, 1.807) is 6.07 Å². The van der Waals surface area contributed by atoms with Crippen LogP contribution in [0.4, 0.5) is 28.4 Å². The number of piperazine rings is 1. The van der Waals surface area contributed by atoms with Crippen molar-refractivity contribution in [3.05, 3.63) is 100 Å². The zero-order valence-electron chi connectivity index (χ0n) is 47.4. The third-order valence-electron chi connectivity index (χ3n) is 18.9. The maximum atomic E-state index is 14.9. The van der Waals surface area contributed by atoms with Crippen LogP contribution in [0.3, 0.4) is 0 Å². The Morgan fingerprint density at radius 1 is 0.914 bits per heavy atom. The van der Waals surface area contributed by atoms with Crippen LogP contribution in [-0.4, -0.2) is 145 Å². The molecule has 1 spiro atoms. The molecule has 0 bridgehead atoms. The molecule has 2 saturated carbocycles. The molecule has 20 heteroatoms. The van der Waals surface area contributed by atoms with Crippen LogP contribution in [-0.2, 0) is 19.5 Å². The molecule has 7 heterocycles. The molecule has 0 unspecified atom stereocenters. The minimum absolute atomic E-state index is 0.0690. The Labute approximate surface area is 475 Å². The number of carbonyl (C=O) groups excluding carboxylic acids is 1. The number of benzene rings is 3. The number of nitro groups is 1. The first-order valence-corrected chi connectivity index (χ1v) is 30.9. The number of pyridine rings is 1. The number of sulfonamides is 1. The Morgan fingerprint density at radius 2 is 1.68 bits per heavy atom. The Morgan fingerprint density at radius 3 is 2.43 bits per heavy atom. The second kappa shape index (κ2) is 21.9. The predicted molar refractivity (Wildman–Crippen MR) is 310 cm³/mol. The monoisotopic (exact) mass is 1130 g/mol. The van der Waals surface area contributed by atoms with Crippen molar-refractivity contribution in [2.24, 2.45) is 11.3 Å². The number of nitro benzene ring substituents is 1. The normalized spacial score (nSPS) is 26.4. The molecule has 5 aliphatic heterocycles. The summed E-state index contributed by atoms with van der Waals surface area (Å²) in [7, 11) is -4.65. The molecular weight excluding hydrogens is 1050 g/mol. The molecule has 1 amide bonds. The molecule has 5 aromatic rings. The lowest BCUT2D eigenvalue weighted by atomic mass is 9.59. The van der Waals surface area contributed by atoms with Crippen LogP contribution in [0.2, 0.25) is 0 Å². The highest BCUT2D eigenvalue weighted by Crippen LogP contribution is 2.54. The van der Waals surface area contributed by atoms with Gasteiger partial charge in [-0.3, -0.25) is 24.7 Å². The highest BCUT2D eigenvalue weighted by molar-refractivity contribution is 7.90. The fourth-order valence-corrected chi connectivity index (χ4v) is 15.2. The van der Waals surface area contributed by atoms with Crippen LogP contribution in [0.5, 0.6) is 11.6 Å². The number of nitrogens with one attached hydrogen (secondary N) is 3. The first-order valence-electron chi connectivity index (χ1n) is 29.4. The Kier molecular flexibility index (Phi) is 15.0. The van der Waals surface area contributed by atoms with Gasteiger partial charge >= 0.3 is 0 Å². The maximum absolute atomic E-state index is 14.9. The summed E-state index contributed by atoms with van der Waals surface area (Å²) in [6.45, 7) is 17.0. The van der Waals surface area contributed by atoms with Gasteiger partial charge in [0.05, 0.1) is 57.1 Å². The number of hydrogen-bond donors (Lipinski definition) is 4. The van der Waals surface area contributed by atoms with E-state index < -0.39 is 48.7 Å². The Hall–Kier alpha value is -6.03. The van der Waals surface area contributed by atoms with Crippen LogP contribution < -0.4 is 29.3 Å². The summed E-state index contributed by atoms with van der Waals surface area (Å²) in [5, 5.41) is 26.9. The van der Waals surface area contributed by atoms with Crippen LogP contribution in [0.15, 0.2) is 83.9 Å². The standard InChI is InChI=1S/C61H79N9O10S/c1-39(2)79-54-9-7-6-8-46(54)53-37-67(42-17-28-77-29-18-42)26-27-68(53)44-33-61(34-44)21-24-66(25-22-61)43-10-12-47(49(31-43)69-51-30-41-16-23-62-56(41)64-58(51)80-55-38-78-59(3,4)35-52(55)69)57(71)65-81(75,76)45-11-13-48(50(32-45)70(73)74)63-36-40-14-19-60(5,72)20-15-40/h6-13,16,23,30-32,39-40,42,44,52-53,55,63,72H,14-15,17-22,24-29,33-38H2,1-5H3,(H,62,64)(H,65,71)/t40-,52-,53-,55-,60-/m0/s1. The Bertz CT molecular complexity index is 3250. The molecule has 3 atom stereocenters. The molecule has 0 radical (unpaired) electrons. The molecule has 2 aromatic heterocycles. The number of aliphatic hydroxyl groups is 1. The van der Waals surface area contributed by atoms with E-state index in [1.165, 1.54) is 17.7 Å². The predicted octanol–water partition coefficient (Wildman–Crippen LogP) is 9.48. The molecule has 434 valence electrons. The number of piperidine rings is 1. The second-order valence-corrected chi connectivity index (χ2v) is 27.0. The zero-order valence-corrected chi connectivity index (χ0v) is 48.2. The molecular formula is C61H79N9O10S. The first-order chi connectivity index (χ1) is 38.8. The van der Waals surface area contributed by atoms with Gasteiger partial charge in [-0.2, -0.15) is 4.98 Å². The number of aromatic nitrogens is 2. The lowest BCUT2D eigenvalue weighted by Crippen LogP contribution is -2.61. The van der Waals surface area contributed by atoms with Crippen molar-refractivity contribution in [2.45, 2.75) is 158 Å². The van der Waals surface area contributed by atoms with Crippen LogP contribution in [0.25, 0.3) is 11.0 Å². The van der Waals surface area contributed by atoms with Gasteiger partial charge in [0, 0.05) is 99.9 Å². The zero-order chi connectivity index (χ0) is 56.4. The van der Waals surface area contributed by atoms with Gasteiger partial charge in [-0.05, 0) is 159 Å². The molecule has 81 heavy (non-hydrogen) atoms. The van der Waals surface area contributed by atoms with E-state index in [0.29, 0.717) is 60.8 Å². The van der Waals surface area contributed by atoms with Crippen molar-refractivity contribution in [1.29, 1.82) is 0 Å². The summed E-state index contributed by atoms with van der Waals surface area (Å²) < 4.78 is 56.2. The van der Waals surface area contributed by atoms with E-state index in [2.05, 4.69) is 72.7 Å². The van der Waals surface area contributed by atoms with E-state index in [9.17, 15) is 28.4 Å². The number of nitrogens with zero attached hydrogens (tertiary/aromatic N) is 6. The van der Waals surface area contributed by atoms with Crippen LogP contribution in [0, 0.1) is 21.4 Å². The second-order valence-electron chi connectivity index (χ2n) is 25.3. The topological polar surface area (TPSA) is 217 Å². The third-order valence-corrected chi connectivity index (χ3v) is 20.2. The lowest BCUT2D eigenvalue weighted by Gasteiger charge is -2.59. The third kappa shape index (κ3) is 11.4. The van der Waals surface area contributed by atoms with Crippen molar-refractivity contribution < 1.29 is 42.2 Å². The smallest absolute Gasteiger partial charge is 0.293 e. The quantitative estimate of drug-likeness (QED) is 0.0601. The molecule has 4 saturated heterocycles. The van der Waals surface area contributed by atoms with Crippen LogP contribution in [0.1, 0.15) is 127 Å². The van der Waals surface area contributed by atoms with E-state index in [-0.39, 0.29) is 47.4 Å². The fraction of sp³-hybridized carbons (Fsp3) is 0.574. The highest BCUT2D eigenvalue weighted by atomic mass is 32.2. The van der Waals surface area contributed by atoms with E-state index in [0.717, 1.165) is 120 Å². The van der Waals surface area contributed by atoms with Crippen LogP contribution >= 0.6 is 0 Å². The average Bonchev–Trinajstić information content (AvgIpc) is 3.65. The minimum atomic E-state index is -4.65. The number of anilines is 4. The van der Waals surface area contributed by atoms with Gasteiger partial charge in [-0.25, -0.2) is 13.1 Å². The van der Waals surface area contributed by atoms with Gasteiger partial charge < -0.3 is 44.2 Å². The number of aromatic amines is 1. The number of fused-ring (bicyclic) bond motifs is 3. The molecule has 4 N–H and O–H groups in total. The van der Waals surface area contributed by atoms with Crippen molar-refractivity contribution >= 4 is 55.4 Å². The number of para-hydroxylation sites is 1. The lowest BCUT2D eigenvalue weighted by molar-refractivity contribution is -0.384. The number of hydrogen-bond acceptors (Lipinski definition) is 16. The van der Waals surface area contributed by atoms with Gasteiger partial charge in [-0.1, -0.05) is 18.2 Å². The van der Waals surface area contributed by atoms with Gasteiger partial charge in [0.15, 0.2) is 0 Å². The van der Waals surface area contributed by atoms with Gasteiger partial charge in [0.2, 0.25) is 5.88 Å². The Balaban J connectivity index is 0.818. The van der Waals surface area contributed by atoms with Crippen molar-refractivity contribution in [2.75, 3.05) is 74.2 Å². The minimum Gasteiger partial charge on any atom is -0.491 e. The largest absolute Gasteiger partial charge is 0.491 e. The molecule has 12 rings (SSSR count). The van der Waals surface area contributed by atoms with Crippen molar-refractivity contribution in [3.8, 4) is 11.6 Å². The van der Waals surface area contributed by atoms with E-state index >= 15 is 0 Å². The molecule has 2 aliphatic carbocycles. The molecule has 7 aliphatic rings. The SMILES string of the molecule is CC(C)Oc1ccccc1[C@@H]1CN(C2CCOCC2)CCN1C1CC2(CCN(c3ccc(C(=O)NS(=O)(=O)c4ccc(NC[C@H]5CC[C@](C)(O)CC5)c([N+](=O)[O-])c4)c(N4c5cc6cc[nH]c6nc5O[C@H]5COC(C)(C)C[C@@H]54)c3)CC2)C1. The van der Waals surface area contributed by atoms with Gasteiger partial charge in [-0.15, -0.1) is 0 Å². The van der Waals surface area contributed by atoms with Gasteiger partial charge in [0.1, 0.15) is 28.9 Å². The molecule has 3 aromatic carbocycles. The first kappa shape index (κ1) is 55.5. The summed E-state index contributed by atoms with van der Waals surface area (Å²) in [6.07, 6.45) is 11.1. The maximum Gasteiger partial charge on any atom is 0.293 e. The highest BCUT2D eigenvalue weighted by Gasteiger charge is 2.51. The summed E-state index contributed by atoms with van der Waals surface area (Å²) >= 11 is 0. The number of ether oxygens (including phenoxy) is 4. The average molecular weight is 1130 g/mol. The van der Waals surface area contributed by atoms with E-state index in [4.69, 9.17) is 23.9 Å². The number of H-pyrrole nitrogens is 1. The molecule has 6 fully saturated rings. The summed E-state index contributed by atoms with van der Waals surface area (Å²) in [5.41, 5.74) is 2.71. The van der Waals surface area contributed by atoms with Crippen molar-refractivity contribution in [1.82, 2.24) is 24.5 Å². The number of carbonyl (C=O) groups is 1.